The Kier molecular flexibility index (Phi) is 5.68. The molecule has 0 fully saturated rings. The predicted octanol–water partition coefficient (Wildman–Crippen LogP) is 5.90. The normalized spacial score (nSPS) is 15.2. The standard InChI is InChI=1S/C22H15BrClFN2O4/c1-31-15-5-2-12(3-6-15)11-26-21(16-10-14(25)4-7-18(16)24)20-17(22(26)28)8-13(23)9-19(20)27(29)30/h2-10,21H,11H2,1H3. The quantitative estimate of drug-likeness (QED) is 0.319. The van der Waals surface area contributed by atoms with E-state index in [2.05, 4.69) is 15.9 Å². The number of fused-ring (bicyclic) bond motifs is 1. The summed E-state index contributed by atoms with van der Waals surface area (Å²) in [7, 11) is 1.55. The summed E-state index contributed by atoms with van der Waals surface area (Å²) in [5.41, 5.74) is 1.20. The summed E-state index contributed by atoms with van der Waals surface area (Å²) in [6.07, 6.45) is 0. The van der Waals surface area contributed by atoms with Crippen LogP contribution in [0.25, 0.3) is 0 Å². The first-order valence-electron chi connectivity index (χ1n) is 9.17. The van der Waals surface area contributed by atoms with Crippen molar-refractivity contribution < 1.29 is 18.8 Å². The Labute approximate surface area is 190 Å². The van der Waals surface area contributed by atoms with Gasteiger partial charge in [0.25, 0.3) is 11.6 Å². The molecule has 158 valence electrons. The maximum atomic E-state index is 14.1. The van der Waals surface area contributed by atoms with E-state index in [1.54, 1.807) is 37.4 Å². The number of ether oxygens (including phenoxy) is 1. The molecule has 1 aliphatic heterocycles. The number of nitrogens with zero attached hydrogens (tertiary/aromatic N) is 2. The zero-order valence-electron chi connectivity index (χ0n) is 16.1. The van der Waals surface area contributed by atoms with Crippen LogP contribution < -0.4 is 4.74 Å². The summed E-state index contributed by atoms with van der Waals surface area (Å²) in [5.74, 6) is -0.297. The van der Waals surface area contributed by atoms with E-state index in [4.69, 9.17) is 16.3 Å². The SMILES string of the molecule is COc1ccc(CN2C(=O)c3cc(Br)cc([N+](=O)[O-])c3C2c2cc(F)ccc2Cl)cc1. The number of benzene rings is 3. The molecule has 31 heavy (non-hydrogen) atoms. The van der Waals surface area contributed by atoms with Gasteiger partial charge in [0.05, 0.1) is 29.2 Å². The second kappa shape index (κ2) is 8.28. The van der Waals surface area contributed by atoms with Gasteiger partial charge in [-0.05, 0) is 42.0 Å². The Morgan fingerprint density at radius 3 is 2.55 bits per heavy atom. The van der Waals surface area contributed by atoms with Crippen LogP contribution in [0.1, 0.15) is 33.1 Å². The molecule has 4 rings (SSSR count). The average Bonchev–Trinajstić information content (AvgIpc) is 3.01. The van der Waals surface area contributed by atoms with Gasteiger partial charge in [0.2, 0.25) is 0 Å². The van der Waals surface area contributed by atoms with E-state index in [9.17, 15) is 19.3 Å². The summed E-state index contributed by atoms with van der Waals surface area (Å²) in [4.78, 5) is 26.1. The van der Waals surface area contributed by atoms with Gasteiger partial charge >= 0.3 is 0 Å². The average molecular weight is 506 g/mol. The number of carbonyl (C=O) groups excluding carboxylic acids is 1. The monoisotopic (exact) mass is 504 g/mol. The smallest absolute Gasteiger partial charge is 0.276 e. The van der Waals surface area contributed by atoms with Crippen molar-refractivity contribution in [1.82, 2.24) is 4.90 Å². The number of amides is 1. The first-order chi connectivity index (χ1) is 14.8. The molecule has 3 aromatic carbocycles. The van der Waals surface area contributed by atoms with Crippen LogP contribution in [0, 0.1) is 15.9 Å². The lowest BCUT2D eigenvalue weighted by atomic mass is 9.95. The molecule has 1 atom stereocenters. The molecule has 0 spiro atoms. The zero-order chi connectivity index (χ0) is 22.3. The number of carbonyl (C=O) groups is 1. The molecule has 6 nitrogen and oxygen atoms in total. The van der Waals surface area contributed by atoms with E-state index in [0.717, 1.165) is 5.56 Å². The molecular weight excluding hydrogens is 491 g/mol. The number of nitro benzene ring substituents is 1. The van der Waals surface area contributed by atoms with Crippen molar-refractivity contribution in [2.75, 3.05) is 7.11 Å². The lowest BCUT2D eigenvalue weighted by Gasteiger charge is -2.26. The minimum absolute atomic E-state index is 0.143. The molecular formula is C22H15BrClFN2O4. The fourth-order valence-corrected chi connectivity index (χ4v) is 4.45. The van der Waals surface area contributed by atoms with Gasteiger partial charge in [-0.25, -0.2) is 4.39 Å². The summed E-state index contributed by atoms with van der Waals surface area (Å²) in [6.45, 7) is 0.143. The molecule has 1 unspecified atom stereocenters. The fraction of sp³-hybridized carbons (Fsp3) is 0.136. The van der Waals surface area contributed by atoms with Gasteiger partial charge in [-0.3, -0.25) is 14.9 Å². The van der Waals surface area contributed by atoms with Crippen LogP contribution in [-0.4, -0.2) is 22.8 Å². The first-order valence-corrected chi connectivity index (χ1v) is 10.3. The maximum absolute atomic E-state index is 14.1. The number of halogens is 3. The van der Waals surface area contributed by atoms with Crippen LogP contribution in [-0.2, 0) is 6.54 Å². The third-order valence-corrected chi connectivity index (χ3v) is 5.96. The molecule has 9 heteroatoms. The largest absolute Gasteiger partial charge is 0.497 e. The Balaban J connectivity index is 1.90. The Morgan fingerprint density at radius 2 is 1.90 bits per heavy atom. The van der Waals surface area contributed by atoms with Crippen molar-refractivity contribution >= 4 is 39.1 Å². The Morgan fingerprint density at radius 1 is 1.19 bits per heavy atom. The van der Waals surface area contributed by atoms with Crippen LogP contribution in [0.5, 0.6) is 5.75 Å². The van der Waals surface area contributed by atoms with Gasteiger partial charge in [-0.1, -0.05) is 39.7 Å². The van der Waals surface area contributed by atoms with Gasteiger partial charge in [0, 0.05) is 27.7 Å². The molecule has 1 amide bonds. The van der Waals surface area contributed by atoms with Crippen LogP contribution in [0.2, 0.25) is 5.02 Å². The van der Waals surface area contributed by atoms with E-state index in [1.807, 2.05) is 0 Å². The third kappa shape index (κ3) is 3.88. The highest BCUT2D eigenvalue weighted by Gasteiger charge is 2.43. The number of nitro groups is 1. The third-order valence-electron chi connectivity index (χ3n) is 5.16. The van der Waals surface area contributed by atoms with E-state index >= 15 is 0 Å². The van der Waals surface area contributed by atoms with Gasteiger partial charge < -0.3 is 9.64 Å². The van der Waals surface area contributed by atoms with Crippen LogP contribution in [0.4, 0.5) is 10.1 Å². The van der Waals surface area contributed by atoms with Crippen LogP contribution in [0.3, 0.4) is 0 Å². The summed E-state index contributed by atoms with van der Waals surface area (Å²) < 4.78 is 19.7. The lowest BCUT2D eigenvalue weighted by molar-refractivity contribution is -0.385. The highest BCUT2D eigenvalue weighted by atomic mass is 79.9. The predicted molar refractivity (Wildman–Crippen MR) is 117 cm³/mol. The minimum atomic E-state index is -0.915. The highest BCUT2D eigenvalue weighted by Crippen LogP contribution is 2.47. The molecule has 0 aliphatic carbocycles. The van der Waals surface area contributed by atoms with Gasteiger partial charge in [-0.2, -0.15) is 0 Å². The van der Waals surface area contributed by atoms with E-state index in [0.29, 0.717) is 10.2 Å². The molecule has 3 aromatic rings. The molecule has 0 N–H and O–H groups in total. The van der Waals surface area contributed by atoms with Crippen molar-refractivity contribution in [1.29, 1.82) is 0 Å². The van der Waals surface area contributed by atoms with Gasteiger partial charge in [0.15, 0.2) is 0 Å². The molecule has 0 bridgehead atoms. The topological polar surface area (TPSA) is 72.7 Å². The number of methoxy groups -OCH3 is 1. The van der Waals surface area contributed by atoms with E-state index in [-0.39, 0.29) is 33.9 Å². The lowest BCUT2D eigenvalue weighted by Crippen LogP contribution is -2.28. The second-order valence-electron chi connectivity index (χ2n) is 6.99. The van der Waals surface area contributed by atoms with Crippen molar-refractivity contribution in [2.24, 2.45) is 0 Å². The number of rotatable bonds is 5. The van der Waals surface area contributed by atoms with Crippen molar-refractivity contribution in [3.05, 3.63) is 102 Å². The molecule has 1 heterocycles. The highest BCUT2D eigenvalue weighted by molar-refractivity contribution is 9.10. The number of hydrogen-bond donors (Lipinski definition) is 0. The molecule has 1 aliphatic rings. The molecule has 0 saturated heterocycles. The fourth-order valence-electron chi connectivity index (χ4n) is 3.79. The molecule has 0 saturated carbocycles. The van der Waals surface area contributed by atoms with Gasteiger partial charge in [-0.15, -0.1) is 0 Å². The summed E-state index contributed by atoms with van der Waals surface area (Å²) in [6, 6.07) is 12.9. The Hall–Kier alpha value is -2.97. The van der Waals surface area contributed by atoms with Crippen LogP contribution in [0.15, 0.2) is 59.1 Å². The Bertz CT molecular complexity index is 1200. The van der Waals surface area contributed by atoms with Gasteiger partial charge in [0.1, 0.15) is 11.6 Å². The van der Waals surface area contributed by atoms with E-state index in [1.165, 1.54) is 29.2 Å². The van der Waals surface area contributed by atoms with Crippen molar-refractivity contribution in [3.63, 3.8) is 0 Å². The molecule has 0 radical (unpaired) electrons. The second-order valence-corrected chi connectivity index (χ2v) is 8.32. The summed E-state index contributed by atoms with van der Waals surface area (Å²) in [5, 5.41) is 12.0. The first kappa shape index (κ1) is 21.3. The molecule has 0 aromatic heterocycles. The van der Waals surface area contributed by atoms with Crippen molar-refractivity contribution in [2.45, 2.75) is 12.6 Å². The van der Waals surface area contributed by atoms with Crippen molar-refractivity contribution in [3.8, 4) is 5.75 Å². The van der Waals surface area contributed by atoms with E-state index < -0.39 is 22.7 Å². The van der Waals surface area contributed by atoms with Crippen LogP contribution >= 0.6 is 27.5 Å². The maximum Gasteiger partial charge on any atom is 0.276 e. The summed E-state index contributed by atoms with van der Waals surface area (Å²) >= 11 is 9.60. The zero-order valence-corrected chi connectivity index (χ0v) is 18.5. The minimum Gasteiger partial charge on any atom is -0.497 e. The number of hydrogen-bond acceptors (Lipinski definition) is 4.